The monoisotopic (exact) mass is 381 g/mol. The maximum absolute atomic E-state index is 13.5. The molecule has 6 heteroatoms. The highest BCUT2D eigenvalue weighted by molar-refractivity contribution is 5.95. The van der Waals surface area contributed by atoms with E-state index < -0.39 is 0 Å². The minimum absolute atomic E-state index is 0.130. The standard InChI is InChI=1S/C22H27N3O3/c1-15-9-11-17(12-10-15)25-20(26)14-19(28-2)21(23-25)22(27)24-13-5-7-16-6-3-4-8-18(16)24/h9-12,14,16,18H,3-8,13H2,1-2H3/t16-,18-/m0/s1. The fourth-order valence-corrected chi connectivity index (χ4v) is 4.63. The summed E-state index contributed by atoms with van der Waals surface area (Å²) < 4.78 is 6.65. The average Bonchev–Trinajstić information content (AvgIpc) is 2.73. The van der Waals surface area contributed by atoms with Crippen LogP contribution in [0.3, 0.4) is 0 Å². The van der Waals surface area contributed by atoms with Crippen molar-refractivity contribution in [3.05, 3.63) is 51.9 Å². The van der Waals surface area contributed by atoms with E-state index in [1.807, 2.05) is 36.1 Å². The molecule has 4 rings (SSSR count). The molecule has 1 aromatic heterocycles. The van der Waals surface area contributed by atoms with Crippen LogP contribution in [-0.2, 0) is 0 Å². The van der Waals surface area contributed by atoms with Crippen LogP contribution in [0.15, 0.2) is 35.1 Å². The molecule has 6 nitrogen and oxygen atoms in total. The second kappa shape index (κ2) is 7.78. The third-order valence-corrected chi connectivity index (χ3v) is 6.10. The van der Waals surface area contributed by atoms with E-state index in [2.05, 4.69) is 5.10 Å². The van der Waals surface area contributed by atoms with E-state index in [0.29, 0.717) is 11.6 Å². The molecule has 2 fully saturated rings. The number of carbonyl (C=O) groups excluding carboxylic acids is 1. The van der Waals surface area contributed by atoms with Gasteiger partial charge in [0.2, 0.25) is 0 Å². The molecule has 1 saturated carbocycles. The van der Waals surface area contributed by atoms with Crippen molar-refractivity contribution in [3.63, 3.8) is 0 Å². The zero-order valence-electron chi connectivity index (χ0n) is 16.6. The number of hydrogen-bond acceptors (Lipinski definition) is 4. The van der Waals surface area contributed by atoms with Gasteiger partial charge in [-0.15, -0.1) is 0 Å². The van der Waals surface area contributed by atoms with Crippen LogP contribution in [0.25, 0.3) is 5.69 Å². The number of carbonyl (C=O) groups is 1. The van der Waals surface area contributed by atoms with Crippen LogP contribution in [0, 0.1) is 12.8 Å². The lowest BCUT2D eigenvalue weighted by Crippen LogP contribution is -2.50. The molecule has 0 radical (unpaired) electrons. The first kappa shape index (κ1) is 18.7. The summed E-state index contributed by atoms with van der Waals surface area (Å²) in [5.74, 6) is 0.700. The van der Waals surface area contributed by atoms with Gasteiger partial charge in [-0.2, -0.15) is 9.78 Å². The Morgan fingerprint density at radius 1 is 1.11 bits per heavy atom. The first-order valence-corrected chi connectivity index (χ1v) is 10.1. The summed E-state index contributed by atoms with van der Waals surface area (Å²) in [6, 6.07) is 9.16. The van der Waals surface area contributed by atoms with Crippen molar-refractivity contribution in [2.24, 2.45) is 5.92 Å². The Hall–Kier alpha value is -2.63. The smallest absolute Gasteiger partial charge is 0.278 e. The number of nitrogens with zero attached hydrogens (tertiary/aromatic N) is 3. The van der Waals surface area contributed by atoms with Crippen molar-refractivity contribution in [2.75, 3.05) is 13.7 Å². The molecule has 0 bridgehead atoms. The Labute approximate surface area is 165 Å². The van der Waals surface area contributed by atoms with Crippen LogP contribution < -0.4 is 10.3 Å². The Bertz CT molecular complexity index is 918. The van der Waals surface area contributed by atoms with Crippen molar-refractivity contribution in [1.29, 1.82) is 0 Å². The molecule has 2 aromatic rings. The summed E-state index contributed by atoms with van der Waals surface area (Å²) in [6.45, 7) is 2.73. The van der Waals surface area contributed by atoms with E-state index in [1.54, 1.807) is 0 Å². The highest BCUT2D eigenvalue weighted by atomic mass is 16.5. The Kier molecular flexibility index (Phi) is 5.20. The number of benzene rings is 1. The quantitative estimate of drug-likeness (QED) is 0.818. The molecule has 1 aliphatic heterocycles. The van der Waals surface area contributed by atoms with Crippen LogP contribution in [0.2, 0.25) is 0 Å². The first-order valence-electron chi connectivity index (χ1n) is 10.1. The maximum atomic E-state index is 13.5. The molecule has 1 aromatic carbocycles. The van der Waals surface area contributed by atoms with Gasteiger partial charge < -0.3 is 9.64 Å². The van der Waals surface area contributed by atoms with Crippen LogP contribution in [-0.4, -0.2) is 40.3 Å². The molecule has 2 heterocycles. The molecule has 28 heavy (non-hydrogen) atoms. The number of aromatic nitrogens is 2. The average molecular weight is 381 g/mol. The molecular formula is C22H27N3O3. The summed E-state index contributed by atoms with van der Waals surface area (Å²) in [5, 5.41) is 4.44. The SMILES string of the molecule is COc1cc(=O)n(-c2ccc(C)cc2)nc1C(=O)N1CCC[C@@H]2CCCC[C@@H]21. The fourth-order valence-electron chi connectivity index (χ4n) is 4.63. The van der Waals surface area contributed by atoms with Gasteiger partial charge in [0.25, 0.3) is 11.5 Å². The fraction of sp³-hybridized carbons (Fsp3) is 0.500. The van der Waals surface area contributed by atoms with Crippen molar-refractivity contribution >= 4 is 5.91 Å². The molecule has 0 N–H and O–H groups in total. The van der Waals surface area contributed by atoms with Gasteiger partial charge in [-0.1, -0.05) is 30.5 Å². The molecular weight excluding hydrogens is 354 g/mol. The summed E-state index contributed by atoms with van der Waals surface area (Å²) in [6.07, 6.45) is 6.88. The maximum Gasteiger partial charge on any atom is 0.278 e. The number of hydrogen-bond donors (Lipinski definition) is 0. The van der Waals surface area contributed by atoms with Gasteiger partial charge in [0.1, 0.15) is 0 Å². The molecule has 2 aliphatic rings. The zero-order chi connectivity index (χ0) is 19.7. The Balaban J connectivity index is 1.73. The van der Waals surface area contributed by atoms with Crippen molar-refractivity contribution < 1.29 is 9.53 Å². The first-order chi connectivity index (χ1) is 13.6. The molecule has 1 aliphatic carbocycles. The molecule has 1 amide bonds. The highest BCUT2D eigenvalue weighted by Gasteiger charge is 2.37. The summed E-state index contributed by atoms with van der Waals surface area (Å²) in [7, 11) is 1.48. The number of rotatable bonds is 3. The number of amides is 1. The number of likely N-dealkylation sites (tertiary alicyclic amines) is 1. The highest BCUT2D eigenvalue weighted by Crippen LogP contribution is 2.36. The third-order valence-electron chi connectivity index (χ3n) is 6.10. The summed E-state index contributed by atoms with van der Waals surface area (Å²) in [5.41, 5.74) is 1.64. The van der Waals surface area contributed by atoms with Crippen molar-refractivity contribution in [2.45, 2.75) is 51.5 Å². The van der Waals surface area contributed by atoms with Gasteiger partial charge in [0.05, 0.1) is 18.9 Å². The van der Waals surface area contributed by atoms with Crippen LogP contribution in [0.4, 0.5) is 0 Å². The predicted octanol–water partition coefficient (Wildman–Crippen LogP) is 3.34. The molecule has 1 saturated heterocycles. The zero-order valence-corrected chi connectivity index (χ0v) is 16.6. The number of fused-ring (bicyclic) bond motifs is 1. The summed E-state index contributed by atoms with van der Waals surface area (Å²) in [4.78, 5) is 28.0. The Morgan fingerprint density at radius 2 is 1.82 bits per heavy atom. The lowest BCUT2D eigenvalue weighted by molar-refractivity contribution is 0.0380. The van der Waals surface area contributed by atoms with Gasteiger partial charge in [-0.05, 0) is 50.7 Å². The van der Waals surface area contributed by atoms with Crippen molar-refractivity contribution in [3.8, 4) is 11.4 Å². The van der Waals surface area contributed by atoms with Crippen molar-refractivity contribution in [1.82, 2.24) is 14.7 Å². The molecule has 0 spiro atoms. The summed E-state index contributed by atoms with van der Waals surface area (Å²) >= 11 is 0. The van der Waals surface area contributed by atoms with E-state index >= 15 is 0 Å². The van der Waals surface area contributed by atoms with Gasteiger partial charge in [-0.3, -0.25) is 9.59 Å². The third kappa shape index (κ3) is 3.43. The van der Waals surface area contributed by atoms with Crippen LogP contribution in [0.5, 0.6) is 5.75 Å². The Morgan fingerprint density at radius 3 is 2.57 bits per heavy atom. The van der Waals surface area contributed by atoms with Crippen LogP contribution in [0.1, 0.15) is 54.6 Å². The minimum atomic E-state index is -0.313. The van der Waals surface area contributed by atoms with Crippen LogP contribution >= 0.6 is 0 Å². The topological polar surface area (TPSA) is 64.4 Å². The normalized spacial score (nSPS) is 21.9. The van der Waals surface area contributed by atoms with Gasteiger partial charge in [0.15, 0.2) is 11.4 Å². The van der Waals surface area contributed by atoms with Gasteiger partial charge in [0, 0.05) is 12.6 Å². The second-order valence-electron chi connectivity index (χ2n) is 7.90. The largest absolute Gasteiger partial charge is 0.494 e. The number of methoxy groups -OCH3 is 1. The molecule has 148 valence electrons. The second-order valence-corrected chi connectivity index (χ2v) is 7.90. The van der Waals surface area contributed by atoms with E-state index in [9.17, 15) is 9.59 Å². The van der Waals surface area contributed by atoms with E-state index in [-0.39, 0.29) is 29.0 Å². The van der Waals surface area contributed by atoms with E-state index in [1.165, 1.54) is 43.5 Å². The molecule has 2 atom stereocenters. The lowest BCUT2D eigenvalue weighted by Gasteiger charge is -2.44. The minimum Gasteiger partial charge on any atom is -0.494 e. The van der Waals surface area contributed by atoms with Gasteiger partial charge in [-0.25, -0.2) is 0 Å². The lowest BCUT2D eigenvalue weighted by atomic mass is 9.78. The number of aryl methyl sites for hydroxylation is 1. The van der Waals surface area contributed by atoms with E-state index in [0.717, 1.165) is 24.9 Å². The molecule has 0 unspecified atom stereocenters. The predicted molar refractivity (Wildman–Crippen MR) is 107 cm³/mol. The van der Waals surface area contributed by atoms with Gasteiger partial charge >= 0.3 is 0 Å². The number of piperidine rings is 1. The number of ether oxygens (including phenoxy) is 1. The van der Waals surface area contributed by atoms with E-state index in [4.69, 9.17) is 4.74 Å².